The lowest BCUT2D eigenvalue weighted by Gasteiger charge is -2.27. The largest absolute Gasteiger partial charge is 0.508 e. The smallest absolute Gasteiger partial charge is 0.251 e. The van der Waals surface area contributed by atoms with E-state index in [0.29, 0.717) is 35.1 Å². The number of nitrogens with zero attached hydrogens (tertiary/aromatic N) is 1. The van der Waals surface area contributed by atoms with Gasteiger partial charge in [0.2, 0.25) is 0 Å². The van der Waals surface area contributed by atoms with Crippen molar-refractivity contribution in [2.75, 3.05) is 13.1 Å². The van der Waals surface area contributed by atoms with Gasteiger partial charge in [-0.15, -0.1) is 0 Å². The minimum absolute atomic E-state index is 0.0661. The van der Waals surface area contributed by atoms with Gasteiger partial charge in [-0.25, -0.2) is 0 Å². The van der Waals surface area contributed by atoms with Crippen LogP contribution in [-0.2, 0) is 19.5 Å². The van der Waals surface area contributed by atoms with Crippen molar-refractivity contribution in [3.05, 3.63) is 105 Å². The summed E-state index contributed by atoms with van der Waals surface area (Å²) in [6.45, 7) is 2.90. The Morgan fingerprint density at radius 3 is 2.72 bits per heavy atom. The third-order valence-electron chi connectivity index (χ3n) is 6.49. The van der Waals surface area contributed by atoms with Crippen molar-refractivity contribution in [2.45, 2.75) is 25.9 Å². The van der Waals surface area contributed by atoms with E-state index in [2.05, 4.69) is 15.2 Å². The van der Waals surface area contributed by atoms with Gasteiger partial charge in [0.15, 0.2) is 0 Å². The molecule has 3 aromatic carbocycles. The maximum absolute atomic E-state index is 13.0. The molecule has 2 heterocycles. The first kappa shape index (κ1) is 24.4. The molecule has 0 aliphatic carbocycles. The van der Waals surface area contributed by atoms with Crippen LogP contribution < -0.4 is 5.32 Å². The van der Waals surface area contributed by atoms with Gasteiger partial charge in [-0.3, -0.25) is 9.69 Å². The Morgan fingerprint density at radius 2 is 1.89 bits per heavy atom. The molecule has 1 amide bonds. The molecule has 0 bridgehead atoms. The second-order valence-electron chi connectivity index (χ2n) is 9.08. The highest BCUT2D eigenvalue weighted by atomic mass is 35.5. The molecule has 0 spiro atoms. The Morgan fingerprint density at radius 1 is 1.08 bits per heavy atom. The van der Waals surface area contributed by atoms with Gasteiger partial charge in [0.25, 0.3) is 5.91 Å². The first-order chi connectivity index (χ1) is 17.5. The number of amides is 1. The third-order valence-corrected chi connectivity index (χ3v) is 6.92. The number of carbonyl (C=O) groups is 1. The van der Waals surface area contributed by atoms with Crippen LogP contribution in [0, 0.1) is 0 Å². The molecular formula is C29H27Cl2N3O2. The molecule has 5 nitrogen and oxygen atoms in total. The molecule has 184 valence electrons. The van der Waals surface area contributed by atoms with Gasteiger partial charge < -0.3 is 15.4 Å². The molecule has 36 heavy (non-hydrogen) atoms. The second kappa shape index (κ2) is 10.8. The van der Waals surface area contributed by atoms with E-state index in [-0.39, 0.29) is 11.7 Å². The van der Waals surface area contributed by atoms with Crippen LogP contribution in [0.4, 0.5) is 0 Å². The lowest BCUT2D eigenvalue weighted by molar-refractivity contribution is 0.0952. The number of nitrogens with one attached hydrogen (secondary N) is 2. The number of hydrogen-bond acceptors (Lipinski definition) is 3. The molecule has 4 aromatic rings. The number of aromatic amines is 1. The van der Waals surface area contributed by atoms with Crippen LogP contribution >= 0.6 is 23.2 Å². The summed E-state index contributed by atoms with van der Waals surface area (Å²) in [7, 11) is 0. The Balaban J connectivity index is 1.19. The molecule has 7 heteroatoms. The predicted octanol–water partition coefficient (Wildman–Crippen LogP) is 6.57. The molecule has 0 radical (unpaired) electrons. The Kier molecular flexibility index (Phi) is 7.33. The van der Waals surface area contributed by atoms with E-state index in [4.69, 9.17) is 23.2 Å². The van der Waals surface area contributed by atoms with Gasteiger partial charge in [0.05, 0.1) is 0 Å². The fourth-order valence-electron chi connectivity index (χ4n) is 4.80. The number of carbonyl (C=O) groups excluding carboxylic acids is 1. The van der Waals surface area contributed by atoms with Crippen molar-refractivity contribution < 1.29 is 9.90 Å². The molecule has 1 aromatic heterocycles. The lowest BCUT2D eigenvalue weighted by Crippen LogP contribution is -2.31. The molecule has 0 saturated heterocycles. The Bertz CT molecular complexity index is 1420. The van der Waals surface area contributed by atoms with Crippen molar-refractivity contribution in [1.29, 1.82) is 0 Å². The van der Waals surface area contributed by atoms with Gasteiger partial charge >= 0.3 is 0 Å². The molecule has 0 atom stereocenters. The van der Waals surface area contributed by atoms with E-state index in [1.165, 1.54) is 11.3 Å². The standard InChI is InChI=1S/C29H27Cl2N3O2/c30-21-13-19(14-22(31)15-21)5-3-4-11-32-29(36)24-7-2-1-6-20(24)17-34-12-10-25-26-16-23(35)8-9-27(26)33-28(25)18-34/h1-3,5-9,13-16,33,35H,4,10-12,17-18H2,(H,32,36). The summed E-state index contributed by atoms with van der Waals surface area (Å²) in [4.78, 5) is 18.8. The van der Waals surface area contributed by atoms with Crippen LogP contribution in [0.15, 0.2) is 66.7 Å². The van der Waals surface area contributed by atoms with Crippen molar-refractivity contribution in [3.63, 3.8) is 0 Å². The number of phenolic OH excluding ortho intramolecular Hbond substituents is 1. The number of H-pyrrole nitrogens is 1. The minimum atomic E-state index is -0.0661. The molecule has 1 aliphatic heterocycles. The fraction of sp³-hybridized carbons (Fsp3) is 0.207. The molecule has 1 aliphatic rings. The van der Waals surface area contributed by atoms with Gasteiger partial charge in [-0.05, 0) is 72.0 Å². The summed E-state index contributed by atoms with van der Waals surface area (Å²) in [5, 5.41) is 15.2. The highest BCUT2D eigenvalue weighted by molar-refractivity contribution is 6.34. The number of benzene rings is 3. The van der Waals surface area contributed by atoms with Crippen LogP contribution in [0.1, 0.15) is 39.2 Å². The second-order valence-corrected chi connectivity index (χ2v) is 9.95. The average molecular weight is 520 g/mol. The highest BCUT2D eigenvalue weighted by Crippen LogP contribution is 2.30. The third kappa shape index (κ3) is 5.59. The predicted molar refractivity (Wildman–Crippen MR) is 147 cm³/mol. The zero-order valence-corrected chi connectivity index (χ0v) is 21.2. The average Bonchev–Trinajstić information content (AvgIpc) is 3.20. The van der Waals surface area contributed by atoms with E-state index in [0.717, 1.165) is 41.5 Å². The van der Waals surface area contributed by atoms with Gasteiger partial charge in [0, 0.05) is 58.4 Å². The van der Waals surface area contributed by atoms with Crippen LogP contribution in [0.3, 0.4) is 0 Å². The summed E-state index contributed by atoms with van der Waals surface area (Å²) in [6.07, 6.45) is 5.55. The fourth-order valence-corrected chi connectivity index (χ4v) is 5.34. The van der Waals surface area contributed by atoms with Gasteiger partial charge in [-0.2, -0.15) is 0 Å². The van der Waals surface area contributed by atoms with E-state index >= 15 is 0 Å². The Labute approximate surface area is 220 Å². The summed E-state index contributed by atoms with van der Waals surface area (Å²) >= 11 is 12.1. The molecule has 0 unspecified atom stereocenters. The zero-order valence-electron chi connectivity index (χ0n) is 19.7. The first-order valence-corrected chi connectivity index (χ1v) is 12.8. The number of phenols is 1. The molecule has 0 saturated carbocycles. The van der Waals surface area contributed by atoms with Crippen LogP contribution in [0.25, 0.3) is 17.0 Å². The van der Waals surface area contributed by atoms with Gasteiger partial charge in [0.1, 0.15) is 5.75 Å². The molecule has 3 N–H and O–H groups in total. The highest BCUT2D eigenvalue weighted by Gasteiger charge is 2.22. The van der Waals surface area contributed by atoms with E-state index in [1.807, 2.05) is 60.7 Å². The molecule has 5 rings (SSSR count). The maximum Gasteiger partial charge on any atom is 0.251 e. The van der Waals surface area contributed by atoms with Crippen molar-refractivity contribution in [2.24, 2.45) is 0 Å². The van der Waals surface area contributed by atoms with Crippen LogP contribution in [0.2, 0.25) is 10.0 Å². The number of aromatic hydroxyl groups is 1. The summed E-state index contributed by atoms with van der Waals surface area (Å²) in [6, 6.07) is 18.7. The van der Waals surface area contributed by atoms with E-state index < -0.39 is 0 Å². The normalized spacial score (nSPS) is 13.8. The maximum atomic E-state index is 13.0. The number of hydrogen-bond donors (Lipinski definition) is 3. The minimum Gasteiger partial charge on any atom is -0.508 e. The SMILES string of the molecule is O=C(NCCC=Cc1cc(Cl)cc(Cl)c1)c1ccccc1CN1CCc2c([nH]c3ccc(O)cc23)C1. The molecular weight excluding hydrogens is 493 g/mol. The summed E-state index contributed by atoms with van der Waals surface area (Å²) in [5.41, 5.74) is 6.15. The topological polar surface area (TPSA) is 68.4 Å². The summed E-state index contributed by atoms with van der Waals surface area (Å²) < 4.78 is 0. The summed E-state index contributed by atoms with van der Waals surface area (Å²) in [5.74, 6) is 0.222. The zero-order chi connectivity index (χ0) is 25.1. The van der Waals surface area contributed by atoms with Gasteiger partial charge in [-0.1, -0.05) is 53.6 Å². The van der Waals surface area contributed by atoms with E-state index in [9.17, 15) is 9.90 Å². The van der Waals surface area contributed by atoms with Crippen LogP contribution in [0.5, 0.6) is 5.75 Å². The quantitative estimate of drug-likeness (QED) is 0.242. The van der Waals surface area contributed by atoms with Crippen molar-refractivity contribution in [1.82, 2.24) is 15.2 Å². The van der Waals surface area contributed by atoms with Crippen LogP contribution in [-0.4, -0.2) is 34.0 Å². The number of rotatable bonds is 7. The monoisotopic (exact) mass is 519 g/mol. The number of fused-ring (bicyclic) bond motifs is 3. The lowest BCUT2D eigenvalue weighted by atomic mass is 10.0. The van der Waals surface area contributed by atoms with Crippen molar-refractivity contribution >= 4 is 46.1 Å². The van der Waals surface area contributed by atoms with Crippen molar-refractivity contribution in [3.8, 4) is 5.75 Å². The molecule has 0 fully saturated rings. The number of halogens is 2. The number of aromatic nitrogens is 1. The first-order valence-electron chi connectivity index (χ1n) is 12.0. The van der Waals surface area contributed by atoms with E-state index in [1.54, 1.807) is 12.1 Å². The Hall–Kier alpha value is -3.25.